The number of piperazine rings is 1. The lowest BCUT2D eigenvalue weighted by molar-refractivity contribution is -0.138. The number of aromatic nitrogens is 1. The normalized spacial score (nSPS) is 15.9. The fourth-order valence-electron chi connectivity index (χ4n) is 4.78. The minimum absolute atomic E-state index is 0.0477. The van der Waals surface area contributed by atoms with Crippen LogP contribution in [0.1, 0.15) is 36.0 Å². The van der Waals surface area contributed by atoms with Crippen LogP contribution in [0.5, 0.6) is 0 Å². The molecule has 2 aromatic carbocycles. The number of nitrogens with zero attached hydrogens (tertiary/aromatic N) is 2. The van der Waals surface area contributed by atoms with E-state index >= 15 is 0 Å². The van der Waals surface area contributed by atoms with Crippen molar-refractivity contribution in [2.45, 2.75) is 38.4 Å². The summed E-state index contributed by atoms with van der Waals surface area (Å²) in [6, 6.07) is 11.9. The van der Waals surface area contributed by atoms with Gasteiger partial charge in [0.1, 0.15) is 11.6 Å². The van der Waals surface area contributed by atoms with Gasteiger partial charge in [0.15, 0.2) is 0 Å². The van der Waals surface area contributed by atoms with Crippen LogP contribution in [0, 0.1) is 11.7 Å². The number of alkyl halides is 3. The van der Waals surface area contributed by atoms with Crippen LogP contribution in [0.3, 0.4) is 0 Å². The summed E-state index contributed by atoms with van der Waals surface area (Å²) in [5, 5.41) is 8.45. The van der Waals surface area contributed by atoms with E-state index in [-0.39, 0.29) is 42.5 Å². The number of hydrogen-bond acceptors (Lipinski definition) is 5. The van der Waals surface area contributed by atoms with Crippen LogP contribution in [-0.2, 0) is 28.7 Å². The molecule has 0 radical (unpaired) electrons. The van der Waals surface area contributed by atoms with Crippen molar-refractivity contribution in [2.24, 2.45) is 5.92 Å². The Labute approximate surface area is 235 Å². The van der Waals surface area contributed by atoms with Crippen LogP contribution < -0.4 is 16.0 Å². The second kappa shape index (κ2) is 12.4. The average Bonchev–Trinajstić information content (AvgIpc) is 3.80. The molecule has 3 N–H and O–H groups in total. The second-order valence-electron chi connectivity index (χ2n) is 10.4. The molecule has 1 aliphatic carbocycles. The lowest BCUT2D eigenvalue weighted by Gasteiger charge is -2.28. The molecule has 3 aromatic rings. The van der Waals surface area contributed by atoms with Crippen molar-refractivity contribution < 1.29 is 27.2 Å². The van der Waals surface area contributed by atoms with Crippen LogP contribution in [0.4, 0.5) is 29.1 Å². The summed E-state index contributed by atoms with van der Waals surface area (Å²) >= 11 is 0. The molecule has 1 aromatic heterocycles. The molecule has 1 saturated heterocycles. The van der Waals surface area contributed by atoms with Gasteiger partial charge in [0, 0.05) is 62.5 Å². The number of pyridine rings is 1. The van der Waals surface area contributed by atoms with Gasteiger partial charge in [-0.1, -0.05) is 18.2 Å². The van der Waals surface area contributed by atoms with E-state index in [1.165, 1.54) is 18.2 Å². The predicted molar refractivity (Wildman–Crippen MR) is 148 cm³/mol. The van der Waals surface area contributed by atoms with Gasteiger partial charge in [0.05, 0.1) is 5.56 Å². The first-order chi connectivity index (χ1) is 19.7. The van der Waals surface area contributed by atoms with Gasteiger partial charge in [-0.2, -0.15) is 13.2 Å². The zero-order valence-corrected chi connectivity index (χ0v) is 22.4. The molecule has 0 unspecified atom stereocenters. The van der Waals surface area contributed by atoms with Crippen molar-refractivity contribution in [1.82, 2.24) is 15.2 Å². The third kappa shape index (κ3) is 7.68. The zero-order valence-electron chi connectivity index (χ0n) is 22.4. The molecule has 11 heteroatoms. The largest absolute Gasteiger partial charge is 0.416 e. The number of halogens is 4. The number of nitrogens with one attached hydrogen (secondary N) is 3. The van der Waals surface area contributed by atoms with E-state index in [9.17, 15) is 27.2 Å². The van der Waals surface area contributed by atoms with Gasteiger partial charge in [0.2, 0.25) is 11.8 Å². The molecule has 2 aliphatic rings. The summed E-state index contributed by atoms with van der Waals surface area (Å²) in [7, 11) is 0. The quantitative estimate of drug-likeness (QED) is 0.307. The number of hydrogen-bond donors (Lipinski definition) is 3. The average molecular weight is 570 g/mol. The fourth-order valence-corrected chi connectivity index (χ4v) is 4.78. The number of anilines is 2. The first kappa shape index (κ1) is 28.7. The third-order valence-electron chi connectivity index (χ3n) is 7.27. The molecule has 2 heterocycles. The van der Waals surface area contributed by atoms with E-state index in [1.54, 1.807) is 30.5 Å². The number of carbonyl (C=O) groups is 2. The summed E-state index contributed by atoms with van der Waals surface area (Å²) in [4.78, 5) is 30.6. The van der Waals surface area contributed by atoms with Crippen LogP contribution in [0.25, 0.3) is 11.1 Å². The molecule has 0 atom stereocenters. The molecular weight excluding hydrogens is 538 g/mol. The van der Waals surface area contributed by atoms with Gasteiger partial charge in [-0.3, -0.25) is 14.5 Å². The lowest BCUT2D eigenvalue weighted by Crippen LogP contribution is -2.43. The topological polar surface area (TPSA) is 86.4 Å². The molecule has 2 amide bonds. The van der Waals surface area contributed by atoms with E-state index in [1.807, 2.05) is 4.90 Å². The number of carbonyl (C=O) groups excluding carboxylic acids is 2. The number of rotatable bonds is 9. The van der Waals surface area contributed by atoms with Crippen molar-refractivity contribution in [3.05, 3.63) is 77.2 Å². The highest BCUT2D eigenvalue weighted by Gasteiger charge is 2.34. The summed E-state index contributed by atoms with van der Waals surface area (Å²) in [6.45, 7) is 2.96. The molecule has 5 rings (SSSR count). The minimum atomic E-state index is -4.56. The smallest absolute Gasteiger partial charge is 0.326 e. The monoisotopic (exact) mass is 569 g/mol. The van der Waals surface area contributed by atoms with Crippen LogP contribution in [0.15, 0.2) is 54.7 Å². The Morgan fingerprint density at radius 2 is 1.68 bits per heavy atom. The van der Waals surface area contributed by atoms with E-state index in [2.05, 4.69) is 20.9 Å². The van der Waals surface area contributed by atoms with Crippen molar-refractivity contribution in [2.75, 3.05) is 36.8 Å². The van der Waals surface area contributed by atoms with Gasteiger partial charge in [-0.25, -0.2) is 9.37 Å². The third-order valence-corrected chi connectivity index (χ3v) is 7.27. The molecule has 0 bridgehead atoms. The maximum absolute atomic E-state index is 14.8. The number of amides is 2. The highest BCUT2D eigenvalue weighted by Crippen LogP contribution is 2.35. The summed E-state index contributed by atoms with van der Waals surface area (Å²) in [5.74, 6) is -0.563. The molecule has 41 heavy (non-hydrogen) atoms. The highest BCUT2D eigenvalue weighted by molar-refractivity contribution is 5.93. The Bertz CT molecular complexity index is 1400. The van der Waals surface area contributed by atoms with E-state index in [0.29, 0.717) is 35.6 Å². The lowest BCUT2D eigenvalue weighted by atomic mass is 10.0. The Hall–Kier alpha value is -3.83. The molecule has 1 saturated carbocycles. The number of benzene rings is 2. The van der Waals surface area contributed by atoms with Gasteiger partial charge < -0.3 is 16.0 Å². The molecule has 0 spiro atoms. The van der Waals surface area contributed by atoms with Crippen LogP contribution in [0.2, 0.25) is 0 Å². The SMILES string of the molecule is O=C(CCc1ccc(-c2ccc(NC(=O)C3CC3)nc2)cc1F)Nc1ccc(CN2CCNCC2)c(C(F)(F)F)c1. The van der Waals surface area contributed by atoms with Crippen molar-refractivity contribution in [3.8, 4) is 11.1 Å². The highest BCUT2D eigenvalue weighted by atomic mass is 19.4. The van der Waals surface area contributed by atoms with Crippen molar-refractivity contribution >= 4 is 23.3 Å². The summed E-state index contributed by atoms with van der Waals surface area (Å²) in [5.41, 5.74) is 0.997. The van der Waals surface area contributed by atoms with Crippen molar-refractivity contribution in [3.63, 3.8) is 0 Å². The zero-order chi connectivity index (χ0) is 29.0. The minimum Gasteiger partial charge on any atom is -0.326 e. The molecule has 1 aliphatic heterocycles. The maximum Gasteiger partial charge on any atom is 0.416 e. The Morgan fingerprint density at radius 3 is 2.34 bits per heavy atom. The second-order valence-corrected chi connectivity index (χ2v) is 10.4. The van der Waals surface area contributed by atoms with Gasteiger partial charge in [0.25, 0.3) is 0 Å². The van der Waals surface area contributed by atoms with E-state index in [0.717, 1.165) is 32.0 Å². The first-order valence-corrected chi connectivity index (χ1v) is 13.6. The van der Waals surface area contributed by atoms with E-state index in [4.69, 9.17) is 0 Å². The van der Waals surface area contributed by atoms with Crippen molar-refractivity contribution in [1.29, 1.82) is 0 Å². The molecule has 7 nitrogen and oxygen atoms in total. The summed E-state index contributed by atoms with van der Waals surface area (Å²) in [6.07, 6.45) is -1.25. The molecule has 216 valence electrons. The first-order valence-electron chi connectivity index (χ1n) is 13.6. The predicted octanol–water partition coefficient (Wildman–Crippen LogP) is 5.23. The maximum atomic E-state index is 14.8. The van der Waals surface area contributed by atoms with Gasteiger partial charge in [-0.05, 0) is 66.3 Å². The van der Waals surface area contributed by atoms with Crippen LogP contribution >= 0.6 is 0 Å². The number of aryl methyl sites for hydroxylation is 1. The fraction of sp³-hybridized carbons (Fsp3) is 0.367. The summed E-state index contributed by atoms with van der Waals surface area (Å²) < 4.78 is 56.2. The van der Waals surface area contributed by atoms with Crippen LogP contribution in [-0.4, -0.2) is 47.9 Å². The van der Waals surface area contributed by atoms with Gasteiger partial charge in [-0.15, -0.1) is 0 Å². The molecule has 2 fully saturated rings. The standard InChI is InChI=1S/C30H31F4N5O2/c31-26-15-21(22-6-9-27(36-17-22)38-29(41)20-2-3-20)4-1-19(26)7-10-28(40)37-24-8-5-23(25(16-24)30(32,33)34)18-39-13-11-35-12-14-39/h1,4-6,8-9,15-17,20,35H,2-3,7,10-14,18H2,(H,37,40)(H,36,38,41). The Morgan fingerprint density at radius 1 is 0.951 bits per heavy atom. The Kier molecular flexibility index (Phi) is 8.65. The van der Waals surface area contributed by atoms with Gasteiger partial charge >= 0.3 is 6.18 Å². The molecular formula is C30H31F4N5O2. The Balaban J connectivity index is 1.17. The van der Waals surface area contributed by atoms with E-state index < -0.39 is 23.5 Å².